The predicted molar refractivity (Wildman–Crippen MR) is 109 cm³/mol. The average molecular weight is 368 g/mol. The molecule has 0 saturated carbocycles. The Balaban J connectivity index is 1.67. The van der Waals surface area contributed by atoms with Crippen LogP contribution in [0.3, 0.4) is 0 Å². The van der Waals surface area contributed by atoms with Crippen LogP contribution >= 0.6 is 11.3 Å². The first kappa shape index (κ1) is 18.2. The van der Waals surface area contributed by atoms with Crippen LogP contribution in [-0.4, -0.2) is 22.8 Å². The van der Waals surface area contributed by atoms with E-state index in [9.17, 15) is 0 Å². The minimum Gasteiger partial charge on any atom is -0.352 e. The van der Waals surface area contributed by atoms with Crippen LogP contribution in [0.5, 0.6) is 0 Å². The third-order valence-electron chi connectivity index (χ3n) is 4.48. The molecule has 2 heterocycles. The Morgan fingerprint density at radius 1 is 1.08 bits per heavy atom. The SMILES string of the molecule is CN=C(NCc1sccc1C)NCc1c(C)nn(-c2ccccc2)c1C. The molecule has 26 heavy (non-hydrogen) atoms. The van der Waals surface area contributed by atoms with E-state index in [1.54, 1.807) is 18.4 Å². The first-order chi connectivity index (χ1) is 12.6. The molecule has 0 atom stereocenters. The number of guanidine groups is 1. The smallest absolute Gasteiger partial charge is 0.191 e. The summed E-state index contributed by atoms with van der Waals surface area (Å²) >= 11 is 1.76. The Morgan fingerprint density at radius 3 is 2.46 bits per heavy atom. The number of hydrogen-bond acceptors (Lipinski definition) is 3. The summed E-state index contributed by atoms with van der Waals surface area (Å²) < 4.78 is 2.00. The highest BCUT2D eigenvalue weighted by Gasteiger charge is 2.13. The molecule has 3 rings (SSSR count). The van der Waals surface area contributed by atoms with Gasteiger partial charge in [0, 0.05) is 29.7 Å². The van der Waals surface area contributed by atoms with E-state index in [2.05, 4.69) is 60.0 Å². The number of nitrogens with zero attached hydrogens (tertiary/aromatic N) is 3. The van der Waals surface area contributed by atoms with Crippen LogP contribution < -0.4 is 10.6 Å². The molecule has 1 aromatic carbocycles. The van der Waals surface area contributed by atoms with Gasteiger partial charge in [-0.1, -0.05) is 18.2 Å². The highest BCUT2D eigenvalue weighted by atomic mass is 32.1. The zero-order valence-electron chi connectivity index (χ0n) is 15.7. The number of rotatable bonds is 5. The molecule has 0 spiro atoms. The number of aromatic nitrogens is 2. The van der Waals surface area contributed by atoms with Crippen molar-refractivity contribution in [2.45, 2.75) is 33.9 Å². The Kier molecular flexibility index (Phi) is 5.73. The number of aliphatic imine (C=N–C) groups is 1. The Morgan fingerprint density at radius 2 is 1.81 bits per heavy atom. The summed E-state index contributed by atoms with van der Waals surface area (Å²) in [6, 6.07) is 12.4. The van der Waals surface area contributed by atoms with E-state index in [1.165, 1.54) is 16.0 Å². The Bertz CT molecular complexity index is 892. The number of nitrogens with one attached hydrogen (secondary N) is 2. The van der Waals surface area contributed by atoms with E-state index in [-0.39, 0.29) is 0 Å². The van der Waals surface area contributed by atoms with Crippen molar-refractivity contribution in [3.05, 3.63) is 69.2 Å². The van der Waals surface area contributed by atoms with Gasteiger partial charge in [-0.25, -0.2) is 4.68 Å². The van der Waals surface area contributed by atoms with E-state index in [1.807, 2.05) is 22.9 Å². The standard InChI is InChI=1S/C20H25N5S/c1-14-10-11-26-19(14)13-23-20(21-4)22-12-18-15(2)24-25(16(18)3)17-8-6-5-7-9-17/h5-11H,12-13H2,1-4H3,(H2,21,22,23). The van der Waals surface area contributed by atoms with Crippen LogP contribution in [-0.2, 0) is 13.1 Å². The van der Waals surface area contributed by atoms with E-state index < -0.39 is 0 Å². The van der Waals surface area contributed by atoms with Crippen molar-refractivity contribution in [3.63, 3.8) is 0 Å². The van der Waals surface area contributed by atoms with Gasteiger partial charge in [-0.15, -0.1) is 11.3 Å². The lowest BCUT2D eigenvalue weighted by Crippen LogP contribution is -2.36. The Labute approximate surface area is 158 Å². The van der Waals surface area contributed by atoms with Gasteiger partial charge in [-0.2, -0.15) is 5.10 Å². The van der Waals surface area contributed by atoms with Crippen molar-refractivity contribution in [2.75, 3.05) is 7.05 Å². The predicted octanol–water partition coefficient (Wildman–Crippen LogP) is 3.72. The Hall–Kier alpha value is -2.60. The number of aryl methyl sites for hydroxylation is 2. The molecular weight excluding hydrogens is 342 g/mol. The number of benzene rings is 1. The molecule has 3 aromatic rings. The molecule has 0 aliphatic heterocycles. The molecule has 0 fully saturated rings. The van der Waals surface area contributed by atoms with E-state index in [4.69, 9.17) is 5.10 Å². The van der Waals surface area contributed by atoms with Crippen molar-refractivity contribution < 1.29 is 0 Å². The van der Waals surface area contributed by atoms with E-state index in [0.717, 1.165) is 29.6 Å². The molecule has 2 aromatic heterocycles. The van der Waals surface area contributed by atoms with Gasteiger partial charge >= 0.3 is 0 Å². The quantitative estimate of drug-likeness (QED) is 0.534. The highest BCUT2D eigenvalue weighted by molar-refractivity contribution is 7.10. The van der Waals surface area contributed by atoms with Crippen molar-refractivity contribution in [3.8, 4) is 5.69 Å². The second-order valence-corrected chi connectivity index (χ2v) is 7.20. The van der Waals surface area contributed by atoms with Gasteiger partial charge in [0.1, 0.15) is 0 Å². The maximum absolute atomic E-state index is 4.70. The summed E-state index contributed by atoms with van der Waals surface area (Å²) in [4.78, 5) is 5.66. The second-order valence-electron chi connectivity index (χ2n) is 6.20. The fourth-order valence-corrected chi connectivity index (χ4v) is 3.74. The summed E-state index contributed by atoms with van der Waals surface area (Å²) in [6.45, 7) is 7.76. The molecule has 2 N–H and O–H groups in total. The largest absolute Gasteiger partial charge is 0.352 e. The van der Waals surface area contributed by atoms with Crippen molar-refractivity contribution in [1.82, 2.24) is 20.4 Å². The van der Waals surface area contributed by atoms with Gasteiger partial charge in [0.05, 0.1) is 17.9 Å². The minimum absolute atomic E-state index is 0.688. The van der Waals surface area contributed by atoms with Gasteiger partial charge in [-0.3, -0.25) is 4.99 Å². The lowest BCUT2D eigenvalue weighted by atomic mass is 10.2. The molecular formula is C20H25N5S. The molecule has 0 aliphatic rings. The molecule has 0 aliphatic carbocycles. The first-order valence-electron chi connectivity index (χ1n) is 8.68. The lowest BCUT2D eigenvalue weighted by Gasteiger charge is -2.12. The maximum Gasteiger partial charge on any atom is 0.191 e. The summed E-state index contributed by atoms with van der Waals surface area (Å²) in [6.07, 6.45) is 0. The number of para-hydroxylation sites is 1. The highest BCUT2D eigenvalue weighted by Crippen LogP contribution is 2.18. The van der Waals surface area contributed by atoms with Crippen LogP contribution in [0.15, 0.2) is 46.8 Å². The monoisotopic (exact) mass is 367 g/mol. The molecule has 5 nitrogen and oxygen atoms in total. The van der Waals surface area contributed by atoms with Crippen molar-refractivity contribution in [1.29, 1.82) is 0 Å². The van der Waals surface area contributed by atoms with Gasteiger partial charge in [0.25, 0.3) is 0 Å². The summed E-state index contributed by atoms with van der Waals surface area (Å²) in [7, 11) is 1.80. The van der Waals surface area contributed by atoms with Gasteiger partial charge < -0.3 is 10.6 Å². The minimum atomic E-state index is 0.688. The third kappa shape index (κ3) is 3.96. The van der Waals surface area contributed by atoms with E-state index >= 15 is 0 Å². The number of thiophene rings is 1. The summed E-state index contributed by atoms with van der Waals surface area (Å²) in [5, 5.41) is 13.6. The van der Waals surface area contributed by atoms with Crippen LogP contribution in [0, 0.1) is 20.8 Å². The van der Waals surface area contributed by atoms with Gasteiger partial charge in [0.2, 0.25) is 0 Å². The van der Waals surface area contributed by atoms with Crippen LogP contribution in [0.25, 0.3) is 5.69 Å². The van der Waals surface area contributed by atoms with Crippen LogP contribution in [0.4, 0.5) is 0 Å². The second kappa shape index (κ2) is 8.19. The molecule has 6 heteroatoms. The zero-order valence-corrected chi connectivity index (χ0v) is 16.5. The van der Waals surface area contributed by atoms with E-state index in [0.29, 0.717) is 6.54 Å². The maximum atomic E-state index is 4.70. The normalized spacial score (nSPS) is 11.6. The molecule has 0 saturated heterocycles. The first-order valence-corrected chi connectivity index (χ1v) is 9.56. The molecule has 0 amide bonds. The fourth-order valence-electron chi connectivity index (χ4n) is 2.89. The van der Waals surface area contributed by atoms with Crippen LogP contribution in [0.2, 0.25) is 0 Å². The third-order valence-corrected chi connectivity index (χ3v) is 5.51. The summed E-state index contributed by atoms with van der Waals surface area (Å²) in [5.41, 5.74) is 5.77. The van der Waals surface area contributed by atoms with Gasteiger partial charge in [-0.05, 0) is 49.9 Å². The van der Waals surface area contributed by atoms with Crippen LogP contribution in [0.1, 0.15) is 27.4 Å². The summed E-state index contributed by atoms with van der Waals surface area (Å²) in [5.74, 6) is 0.795. The zero-order chi connectivity index (χ0) is 18.5. The van der Waals surface area contributed by atoms with Gasteiger partial charge in [0.15, 0.2) is 5.96 Å². The van der Waals surface area contributed by atoms with Crippen molar-refractivity contribution >= 4 is 17.3 Å². The molecule has 136 valence electrons. The van der Waals surface area contributed by atoms with Crippen molar-refractivity contribution in [2.24, 2.45) is 4.99 Å². The topological polar surface area (TPSA) is 54.2 Å². The molecule has 0 bridgehead atoms. The average Bonchev–Trinajstić information content (AvgIpc) is 3.19. The molecule has 0 radical (unpaired) electrons. The fraction of sp³-hybridized carbons (Fsp3) is 0.300. The lowest BCUT2D eigenvalue weighted by molar-refractivity contribution is 0.803. The molecule has 0 unspecified atom stereocenters. The number of hydrogen-bond donors (Lipinski definition) is 2.